The van der Waals surface area contributed by atoms with Crippen LogP contribution in [0.1, 0.15) is 12.8 Å². The summed E-state index contributed by atoms with van der Waals surface area (Å²) in [4.78, 5) is 0. The fraction of sp³-hybridized carbons (Fsp3) is 0.667. The van der Waals surface area contributed by atoms with Crippen LogP contribution < -0.4 is 0 Å². The molecule has 0 aromatic heterocycles. The molecular formula is C6H9F3. The van der Waals surface area contributed by atoms with Crippen LogP contribution in [-0.2, 0) is 0 Å². The first-order valence-electron chi connectivity index (χ1n) is 2.67. The van der Waals surface area contributed by atoms with E-state index in [2.05, 4.69) is 6.58 Å². The zero-order valence-electron chi connectivity index (χ0n) is 5.04. The summed E-state index contributed by atoms with van der Waals surface area (Å²) in [5.41, 5.74) is 0. The molecule has 54 valence electrons. The molecule has 0 bridgehead atoms. The van der Waals surface area contributed by atoms with Crippen molar-refractivity contribution in [1.82, 2.24) is 0 Å². The predicted molar refractivity (Wildman–Crippen MR) is 30.4 cm³/mol. The molecule has 0 aliphatic rings. The van der Waals surface area contributed by atoms with Gasteiger partial charge in [-0.25, -0.2) is 13.2 Å². The number of hydrogen-bond acceptors (Lipinski definition) is 0. The van der Waals surface area contributed by atoms with E-state index in [0.29, 0.717) is 0 Å². The average molecular weight is 138 g/mol. The van der Waals surface area contributed by atoms with Gasteiger partial charge in [0.2, 0.25) is 0 Å². The Morgan fingerprint density at radius 1 is 1.44 bits per heavy atom. The van der Waals surface area contributed by atoms with Crippen molar-refractivity contribution in [3.63, 3.8) is 0 Å². The molecule has 0 unspecified atom stereocenters. The summed E-state index contributed by atoms with van der Waals surface area (Å²) in [5, 5.41) is 0. The van der Waals surface area contributed by atoms with Crippen LogP contribution in [0.5, 0.6) is 0 Å². The highest BCUT2D eigenvalue weighted by Gasteiger charge is 2.26. The Labute approximate surface area is 52.4 Å². The molecule has 0 radical (unpaired) electrons. The summed E-state index contributed by atoms with van der Waals surface area (Å²) in [5.74, 6) is -3.14. The number of halogens is 3. The Bertz CT molecular complexity index is 88.3. The minimum absolute atomic E-state index is 0.164. The van der Waals surface area contributed by atoms with Gasteiger partial charge in [0.05, 0.1) is 0 Å². The highest BCUT2D eigenvalue weighted by molar-refractivity contribution is 4.73. The van der Waals surface area contributed by atoms with Gasteiger partial charge < -0.3 is 0 Å². The third kappa shape index (κ3) is 4.06. The number of rotatable bonds is 4. The zero-order valence-corrected chi connectivity index (χ0v) is 5.04. The lowest BCUT2D eigenvalue weighted by atomic mass is 10.2. The second-order valence-corrected chi connectivity index (χ2v) is 1.82. The molecule has 0 saturated carbocycles. The molecule has 0 N–H and O–H groups in total. The van der Waals surface area contributed by atoms with Gasteiger partial charge in [-0.05, 0) is 6.42 Å². The van der Waals surface area contributed by atoms with E-state index in [-0.39, 0.29) is 6.42 Å². The van der Waals surface area contributed by atoms with Gasteiger partial charge in [-0.2, -0.15) is 0 Å². The quantitative estimate of drug-likeness (QED) is 0.524. The van der Waals surface area contributed by atoms with Crippen LogP contribution in [0.15, 0.2) is 12.7 Å². The highest BCUT2D eigenvalue weighted by Crippen LogP contribution is 2.20. The smallest absolute Gasteiger partial charge is 0.244 e. The first-order chi connectivity index (χ1) is 4.12. The standard InChI is InChI=1S/C6H9F3/c1-2-3-4-6(8,9)5-7/h2H,1,3-5H2. The third-order valence-corrected chi connectivity index (χ3v) is 0.910. The molecule has 9 heavy (non-hydrogen) atoms. The molecule has 0 aliphatic heterocycles. The van der Waals surface area contributed by atoms with Gasteiger partial charge in [0.15, 0.2) is 6.67 Å². The minimum Gasteiger partial charge on any atom is -0.244 e. The van der Waals surface area contributed by atoms with Crippen LogP contribution in [0.25, 0.3) is 0 Å². The molecule has 0 aromatic carbocycles. The van der Waals surface area contributed by atoms with E-state index >= 15 is 0 Å². The molecule has 0 atom stereocenters. The summed E-state index contributed by atoms with van der Waals surface area (Å²) in [7, 11) is 0. The predicted octanol–water partition coefficient (Wildman–Crippen LogP) is 2.56. The van der Waals surface area contributed by atoms with Crippen LogP contribution in [0.2, 0.25) is 0 Å². The maximum absolute atomic E-state index is 11.9. The molecule has 0 rings (SSSR count). The van der Waals surface area contributed by atoms with E-state index in [4.69, 9.17) is 0 Å². The topological polar surface area (TPSA) is 0 Å². The molecule has 3 heteroatoms. The normalized spacial score (nSPS) is 11.4. The van der Waals surface area contributed by atoms with Crippen molar-refractivity contribution in [1.29, 1.82) is 0 Å². The molecule has 0 fully saturated rings. The molecule has 0 aromatic rings. The molecule has 0 spiro atoms. The summed E-state index contributed by atoms with van der Waals surface area (Å²) >= 11 is 0. The van der Waals surface area contributed by atoms with Gasteiger partial charge in [0.25, 0.3) is 5.92 Å². The monoisotopic (exact) mass is 138 g/mol. The molecular weight excluding hydrogens is 129 g/mol. The lowest BCUT2D eigenvalue weighted by Crippen LogP contribution is -2.17. The molecule has 0 amide bonds. The van der Waals surface area contributed by atoms with Gasteiger partial charge in [-0.3, -0.25) is 0 Å². The largest absolute Gasteiger partial charge is 0.276 e. The van der Waals surface area contributed by atoms with Gasteiger partial charge in [-0.15, -0.1) is 6.58 Å². The van der Waals surface area contributed by atoms with E-state index in [9.17, 15) is 13.2 Å². The second kappa shape index (κ2) is 3.54. The summed E-state index contributed by atoms with van der Waals surface area (Å²) in [6.07, 6.45) is 1.08. The van der Waals surface area contributed by atoms with Crippen molar-refractivity contribution in [3.8, 4) is 0 Å². The maximum atomic E-state index is 11.9. The fourth-order valence-corrected chi connectivity index (χ4v) is 0.380. The molecule has 0 heterocycles. The Morgan fingerprint density at radius 3 is 2.33 bits per heavy atom. The summed E-state index contributed by atoms with van der Waals surface area (Å²) in [6, 6.07) is 0. The van der Waals surface area contributed by atoms with Crippen molar-refractivity contribution >= 4 is 0 Å². The van der Waals surface area contributed by atoms with Gasteiger partial charge in [0.1, 0.15) is 0 Å². The lowest BCUT2D eigenvalue weighted by molar-refractivity contribution is -0.0290. The number of hydrogen-bond donors (Lipinski definition) is 0. The Morgan fingerprint density at radius 2 is 2.00 bits per heavy atom. The van der Waals surface area contributed by atoms with Crippen molar-refractivity contribution < 1.29 is 13.2 Å². The van der Waals surface area contributed by atoms with Crippen molar-refractivity contribution in [2.24, 2.45) is 0 Å². The van der Waals surface area contributed by atoms with E-state index < -0.39 is 19.0 Å². The van der Waals surface area contributed by atoms with Crippen LogP contribution >= 0.6 is 0 Å². The SMILES string of the molecule is C=CCCC(F)(F)CF. The number of allylic oxidation sites excluding steroid dienone is 1. The van der Waals surface area contributed by atoms with Crippen molar-refractivity contribution in [2.45, 2.75) is 18.8 Å². The van der Waals surface area contributed by atoms with Crippen LogP contribution in [0, 0.1) is 0 Å². The lowest BCUT2D eigenvalue weighted by Gasteiger charge is -2.08. The third-order valence-electron chi connectivity index (χ3n) is 0.910. The van der Waals surface area contributed by atoms with Gasteiger partial charge >= 0.3 is 0 Å². The highest BCUT2D eigenvalue weighted by atomic mass is 19.3. The molecule has 0 nitrogen and oxygen atoms in total. The van der Waals surface area contributed by atoms with Crippen molar-refractivity contribution in [2.75, 3.05) is 6.67 Å². The number of alkyl halides is 3. The first kappa shape index (κ1) is 8.53. The summed E-state index contributed by atoms with van der Waals surface area (Å²) in [6.45, 7) is 1.67. The Balaban J connectivity index is 3.44. The minimum atomic E-state index is -3.14. The van der Waals surface area contributed by atoms with Crippen LogP contribution in [-0.4, -0.2) is 12.6 Å². The molecule has 0 saturated heterocycles. The van der Waals surface area contributed by atoms with E-state index in [1.165, 1.54) is 6.08 Å². The van der Waals surface area contributed by atoms with Crippen molar-refractivity contribution in [3.05, 3.63) is 12.7 Å². The van der Waals surface area contributed by atoms with Gasteiger partial charge in [0, 0.05) is 6.42 Å². The zero-order chi connectivity index (χ0) is 7.33. The Hall–Kier alpha value is -0.470. The molecule has 0 aliphatic carbocycles. The first-order valence-corrected chi connectivity index (χ1v) is 2.67. The fourth-order valence-electron chi connectivity index (χ4n) is 0.380. The average Bonchev–Trinajstić information content (AvgIpc) is 1.84. The Kier molecular flexibility index (Phi) is 3.35. The van der Waals surface area contributed by atoms with E-state index in [1.54, 1.807) is 0 Å². The van der Waals surface area contributed by atoms with Gasteiger partial charge in [-0.1, -0.05) is 6.08 Å². The second-order valence-electron chi connectivity index (χ2n) is 1.82. The van der Waals surface area contributed by atoms with Crippen LogP contribution in [0.3, 0.4) is 0 Å². The van der Waals surface area contributed by atoms with E-state index in [0.717, 1.165) is 0 Å². The van der Waals surface area contributed by atoms with Crippen LogP contribution in [0.4, 0.5) is 13.2 Å². The summed E-state index contributed by atoms with van der Waals surface area (Å²) < 4.78 is 35.1. The maximum Gasteiger partial charge on any atom is 0.276 e. The van der Waals surface area contributed by atoms with E-state index in [1.807, 2.05) is 0 Å².